The van der Waals surface area contributed by atoms with Gasteiger partial charge in [-0.3, -0.25) is 0 Å². The topological polar surface area (TPSA) is 17.1 Å². The largest absolute Gasteiger partial charge is 0.461 e. The first-order valence-corrected chi connectivity index (χ1v) is 6.36. The van der Waals surface area contributed by atoms with Crippen LogP contribution < -0.4 is 0 Å². The third kappa shape index (κ3) is 2.64. The standard InChI is InChI=1S/C8H8F9OP/c1-3-4-19(18,5(2,9)6(10,11)12)8(16,17)7(13,14)15/h3H,1,4H2,2H3. The third-order valence-electron chi connectivity index (χ3n) is 2.38. The van der Waals surface area contributed by atoms with Crippen molar-refractivity contribution in [1.29, 1.82) is 0 Å². The van der Waals surface area contributed by atoms with Gasteiger partial charge in [0.2, 0.25) is 7.14 Å². The molecule has 0 radical (unpaired) electrons. The summed E-state index contributed by atoms with van der Waals surface area (Å²) in [5.41, 5.74) is -6.33. The molecule has 0 saturated heterocycles. The van der Waals surface area contributed by atoms with Crippen LogP contribution in [0.3, 0.4) is 0 Å². The Balaban J connectivity index is 6.20. The lowest BCUT2D eigenvalue weighted by Gasteiger charge is -2.37. The van der Waals surface area contributed by atoms with Gasteiger partial charge >= 0.3 is 18.0 Å². The van der Waals surface area contributed by atoms with Crippen LogP contribution in [0.5, 0.6) is 0 Å². The van der Waals surface area contributed by atoms with Crippen LogP contribution in [0, 0.1) is 0 Å². The summed E-state index contributed by atoms with van der Waals surface area (Å²) in [7, 11) is -6.74. The van der Waals surface area contributed by atoms with E-state index in [0.717, 1.165) is 0 Å². The maximum absolute atomic E-state index is 13.4. The van der Waals surface area contributed by atoms with Crippen LogP contribution >= 0.6 is 7.14 Å². The lowest BCUT2D eigenvalue weighted by Crippen LogP contribution is -2.48. The van der Waals surface area contributed by atoms with Gasteiger partial charge in [-0.25, -0.2) is 4.39 Å². The second kappa shape index (κ2) is 4.71. The Hall–Kier alpha value is -0.660. The third-order valence-corrected chi connectivity index (χ3v) is 5.92. The number of alkyl halides is 9. The maximum Gasteiger partial charge on any atom is 0.461 e. The monoisotopic (exact) mass is 322 g/mol. The molecule has 0 aliphatic heterocycles. The number of hydrogen-bond acceptors (Lipinski definition) is 1. The molecule has 0 saturated carbocycles. The lowest BCUT2D eigenvalue weighted by atomic mass is 10.4. The van der Waals surface area contributed by atoms with Gasteiger partial charge in [0.05, 0.1) is 0 Å². The SMILES string of the molecule is C=CCP(=O)(C(C)(F)C(F)(F)F)C(F)(F)C(F)(F)F. The zero-order chi connectivity index (χ0) is 15.9. The first-order valence-electron chi connectivity index (χ1n) is 4.46. The van der Waals surface area contributed by atoms with E-state index in [1.54, 1.807) is 0 Å². The number of allylic oxidation sites excluding steroid dienone is 1. The van der Waals surface area contributed by atoms with Gasteiger partial charge in [0.25, 0.3) is 5.41 Å². The van der Waals surface area contributed by atoms with Crippen molar-refractivity contribution in [2.45, 2.75) is 30.3 Å². The van der Waals surface area contributed by atoms with Crippen molar-refractivity contribution < 1.29 is 44.1 Å². The van der Waals surface area contributed by atoms with Crippen molar-refractivity contribution in [3.05, 3.63) is 12.7 Å². The van der Waals surface area contributed by atoms with Gasteiger partial charge < -0.3 is 4.57 Å². The molecule has 11 heteroatoms. The average molecular weight is 322 g/mol. The Bertz CT molecular complexity index is 362. The molecule has 0 aliphatic carbocycles. The molecule has 0 fully saturated rings. The Morgan fingerprint density at radius 1 is 0.947 bits per heavy atom. The summed E-state index contributed by atoms with van der Waals surface area (Å²) in [5.74, 6) is 0. The van der Waals surface area contributed by atoms with Gasteiger partial charge in [-0.05, 0) is 6.92 Å². The van der Waals surface area contributed by atoms with E-state index in [9.17, 15) is 44.1 Å². The molecule has 0 aromatic rings. The summed E-state index contributed by atoms with van der Waals surface area (Å²) in [6, 6.07) is 0. The quantitative estimate of drug-likeness (QED) is 0.407. The van der Waals surface area contributed by atoms with Crippen LogP contribution in [0.4, 0.5) is 39.5 Å². The molecule has 0 aromatic carbocycles. The van der Waals surface area contributed by atoms with E-state index >= 15 is 0 Å². The molecule has 0 bridgehead atoms. The second-order valence-electron chi connectivity index (χ2n) is 3.70. The zero-order valence-electron chi connectivity index (χ0n) is 9.25. The fourth-order valence-electron chi connectivity index (χ4n) is 1.14. The van der Waals surface area contributed by atoms with Crippen molar-refractivity contribution in [1.82, 2.24) is 0 Å². The Kier molecular flexibility index (Phi) is 4.55. The molecule has 2 atom stereocenters. The summed E-state index contributed by atoms with van der Waals surface area (Å²) in [6.45, 7) is 2.03. The Morgan fingerprint density at radius 2 is 1.32 bits per heavy atom. The smallest absolute Gasteiger partial charge is 0.313 e. The predicted octanol–water partition coefficient (Wildman–Crippen LogP) is 4.94. The molecule has 0 aromatic heterocycles. The number of halogens is 9. The molecule has 19 heavy (non-hydrogen) atoms. The molecule has 2 unspecified atom stereocenters. The highest BCUT2D eigenvalue weighted by atomic mass is 31.2. The van der Waals surface area contributed by atoms with Crippen molar-refractivity contribution in [3.8, 4) is 0 Å². The number of hydrogen-bond donors (Lipinski definition) is 0. The fraction of sp³-hybridized carbons (Fsp3) is 0.750. The summed E-state index contributed by atoms with van der Waals surface area (Å²) >= 11 is 0. The highest BCUT2D eigenvalue weighted by molar-refractivity contribution is 7.66. The summed E-state index contributed by atoms with van der Waals surface area (Å²) < 4.78 is 124. The van der Waals surface area contributed by atoms with E-state index < -0.39 is 43.7 Å². The highest BCUT2D eigenvalue weighted by Gasteiger charge is 2.79. The van der Waals surface area contributed by atoms with Crippen LogP contribution in [-0.4, -0.2) is 29.6 Å². The van der Waals surface area contributed by atoms with E-state index in [4.69, 9.17) is 0 Å². The Labute approximate surface area is 101 Å². The van der Waals surface area contributed by atoms with Gasteiger partial charge in [-0.1, -0.05) is 6.08 Å². The van der Waals surface area contributed by atoms with Crippen LogP contribution in [0.1, 0.15) is 6.92 Å². The molecule has 0 amide bonds. The van der Waals surface area contributed by atoms with Crippen molar-refractivity contribution >= 4 is 7.14 Å². The maximum atomic E-state index is 13.4. The molecule has 114 valence electrons. The predicted molar refractivity (Wildman–Crippen MR) is 49.2 cm³/mol. The minimum Gasteiger partial charge on any atom is -0.313 e. The summed E-state index contributed by atoms with van der Waals surface area (Å²) in [6.07, 6.45) is -14.6. The summed E-state index contributed by atoms with van der Waals surface area (Å²) in [4.78, 5) is 0. The van der Waals surface area contributed by atoms with Crippen molar-refractivity contribution in [3.63, 3.8) is 0 Å². The first-order chi connectivity index (χ1) is 8.06. The van der Waals surface area contributed by atoms with Crippen molar-refractivity contribution in [2.24, 2.45) is 0 Å². The zero-order valence-corrected chi connectivity index (χ0v) is 10.1. The van der Waals surface area contributed by atoms with Crippen LogP contribution in [0.2, 0.25) is 0 Å². The van der Waals surface area contributed by atoms with E-state index in [1.165, 1.54) is 0 Å². The van der Waals surface area contributed by atoms with Crippen molar-refractivity contribution in [2.75, 3.05) is 6.16 Å². The fourth-order valence-corrected chi connectivity index (χ4v) is 3.42. The molecule has 0 spiro atoms. The van der Waals surface area contributed by atoms with Crippen LogP contribution in [-0.2, 0) is 4.57 Å². The van der Waals surface area contributed by atoms with Gasteiger partial charge in [0.15, 0.2) is 0 Å². The van der Waals surface area contributed by atoms with E-state index in [1.807, 2.05) is 0 Å². The van der Waals surface area contributed by atoms with Gasteiger partial charge in [0.1, 0.15) is 0 Å². The molecule has 0 N–H and O–H groups in total. The Morgan fingerprint density at radius 3 is 1.53 bits per heavy atom. The normalized spacial score (nSPS) is 20.5. The van der Waals surface area contributed by atoms with Crippen LogP contribution in [0.25, 0.3) is 0 Å². The second-order valence-corrected chi connectivity index (χ2v) is 6.95. The molecule has 0 heterocycles. The molecule has 0 aliphatic rings. The van der Waals surface area contributed by atoms with E-state index in [-0.39, 0.29) is 6.08 Å². The molecule has 0 rings (SSSR count). The molecule has 1 nitrogen and oxygen atoms in total. The lowest BCUT2D eigenvalue weighted by molar-refractivity contribution is -0.249. The summed E-state index contributed by atoms with van der Waals surface area (Å²) in [5, 5.41) is -5.20. The van der Waals surface area contributed by atoms with Gasteiger partial charge in [0, 0.05) is 6.16 Å². The minimum absolute atomic E-state index is 0.129. The first kappa shape index (κ1) is 18.3. The van der Waals surface area contributed by atoms with Crippen LogP contribution in [0.15, 0.2) is 12.7 Å². The minimum atomic E-state index is -6.74. The molecular weight excluding hydrogens is 314 g/mol. The average Bonchev–Trinajstić information content (AvgIpc) is 2.13. The van der Waals surface area contributed by atoms with E-state index in [2.05, 4.69) is 6.58 Å². The van der Waals surface area contributed by atoms with E-state index in [0.29, 0.717) is 0 Å². The highest BCUT2D eigenvalue weighted by Crippen LogP contribution is 2.76. The van der Waals surface area contributed by atoms with Gasteiger partial charge in [-0.2, -0.15) is 35.1 Å². The number of rotatable bonds is 4. The van der Waals surface area contributed by atoms with Gasteiger partial charge in [-0.15, -0.1) is 6.58 Å². The molecular formula is C8H8F9OP.